The van der Waals surface area contributed by atoms with Crippen molar-refractivity contribution in [3.8, 4) is 5.75 Å². The molecule has 4 aliphatic heterocycles. The van der Waals surface area contributed by atoms with Gasteiger partial charge in [-0.05, 0) is 105 Å². The number of anilines is 1. The van der Waals surface area contributed by atoms with Crippen LogP contribution >= 0.6 is 11.6 Å². The second-order valence-corrected chi connectivity index (χ2v) is 19.2. The molecule has 8 rings (SSSR count). The predicted octanol–water partition coefficient (Wildman–Crippen LogP) is 5.29. The van der Waals surface area contributed by atoms with Gasteiger partial charge in [0.15, 0.2) is 0 Å². The van der Waals surface area contributed by atoms with Gasteiger partial charge in [0.2, 0.25) is 10.0 Å². The van der Waals surface area contributed by atoms with Crippen molar-refractivity contribution in [1.29, 1.82) is 0 Å². The van der Waals surface area contributed by atoms with E-state index < -0.39 is 26.8 Å². The van der Waals surface area contributed by atoms with Crippen molar-refractivity contribution >= 4 is 33.2 Å². The Balaban J connectivity index is 1.19. The minimum absolute atomic E-state index is 0.223. The minimum atomic E-state index is -3.96. The van der Waals surface area contributed by atoms with Crippen LogP contribution in [0.2, 0.25) is 5.02 Å². The zero-order valence-electron chi connectivity index (χ0n) is 31.4. The smallest absolute Gasteiger partial charge is 0.264 e. The van der Waals surface area contributed by atoms with Gasteiger partial charge in [-0.3, -0.25) is 14.6 Å². The summed E-state index contributed by atoms with van der Waals surface area (Å²) in [6, 6.07) is 12.0. The number of ether oxygens (including phenoxy) is 3. The first-order valence-electron chi connectivity index (χ1n) is 19.6. The summed E-state index contributed by atoms with van der Waals surface area (Å²) in [4.78, 5) is 21.2. The average Bonchev–Trinajstić information content (AvgIpc) is 3.28. The summed E-state index contributed by atoms with van der Waals surface area (Å²) in [5.41, 5.74) is 2.88. The average molecular weight is 767 g/mol. The molecule has 4 heterocycles. The van der Waals surface area contributed by atoms with E-state index in [4.69, 9.17) is 25.8 Å². The molecule has 53 heavy (non-hydrogen) atoms. The third-order valence-corrected chi connectivity index (χ3v) is 15.8. The van der Waals surface area contributed by atoms with Crippen LogP contribution in [0.4, 0.5) is 5.69 Å². The van der Waals surface area contributed by atoms with Crippen LogP contribution in [0, 0.1) is 17.8 Å². The predicted molar refractivity (Wildman–Crippen MR) is 208 cm³/mol. The lowest BCUT2D eigenvalue weighted by Gasteiger charge is -2.53. The fraction of sp³-hybridized carbons (Fsp3) is 0.634. The lowest BCUT2D eigenvalue weighted by Crippen LogP contribution is -2.62. The summed E-state index contributed by atoms with van der Waals surface area (Å²) in [5.74, 6) is 0.458. The molecule has 288 valence electrons. The Morgan fingerprint density at radius 1 is 1.08 bits per heavy atom. The van der Waals surface area contributed by atoms with E-state index in [0.717, 1.165) is 102 Å². The van der Waals surface area contributed by atoms with Gasteiger partial charge in [0.25, 0.3) is 5.91 Å². The molecule has 1 amide bonds. The third kappa shape index (κ3) is 7.15. The number of methoxy groups -OCH3 is 1. The summed E-state index contributed by atoms with van der Waals surface area (Å²) >= 11 is 6.51. The molecule has 2 aromatic carbocycles. The highest BCUT2D eigenvalue weighted by atomic mass is 35.5. The number of fused-ring (bicyclic) bond motifs is 5. The molecule has 7 atom stereocenters. The molecule has 0 aromatic heterocycles. The van der Waals surface area contributed by atoms with Gasteiger partial charge in [0.1, 0.15) is 11.4 Å². The number of rotatable bonds is 3. The van der Waals surface area contributed by atoms with E-state index in [0.29, 0.717) is 36.3 Å². The molecule has 0 unspecified atom stereocenters. The van der Waals surface area contributed by atoms with Gasteiger partial charge in [-0.2, -0.15) is 0 Å². The number of hydrogen-bond donors (Lipinski definition) is 1. The van der Waals surface area contributed by atoms with Gasteiger partial charge in [-0.25, -0.2) is 13.1 Å². The Kier molecular flexibility index (Phi) is 10.4. The number of aryl methyl sites for hydroxylation is 1. The van der Waals surface area contributed by atoms with Crippen molar-refractivity contribution in [2.75, 3.05) is 77.6 Å². The zero-order chi connectivity index (χ0) is 37.0. The molecule has 1 spiro atoms. The zero-order valence-corrected chi connectivity index (χ0v) is 33.0. The summed E-state index contributed by atoms with van der Waals surface area (Å²) in [6.07, 6.45) is 10.1. The monoisotopic (exact) mass is 766 g/mol. The Labute approximate surface area is 320 Å². The fourth-order valence-electron chi connectivity index (χ4n) is 10.1. The van der Waals surface area contributed by atoms with E-state index in [9.17, 15) is 13.2 Å². The molecule has 2 bridgehead atoms. The van der Waals surface area contributed by atoms with Gasteiger partial charge in [-0.1, -0.05) is 36.7 Å². The van der Waals surface area contributed by atoms with Crippen molar-refractivity contribution < 1.29 is 27.4 Å². The highest BCUT2D eigenvalue weighted by molar-refractivity contribution is 7.90. The van der Waals surface area contributed by atoms with Crippen LogP contribution in [0.25, 0.3) is 0 Å². The first-order chi connectivity index (χ1) is 25.5. The molecule has 6 aliphatic rings. The van der Waals surface area contributed by atoms with Gasteiger partial charge in [0, 0.05) is 75.0 Å². The second-order valence-electron chi connectivity index (χ2n) is 16.7. The minimum Gasteiger partial charge on any atom is -0.490 e. The number of piperazine rings is 1. The molecule has 2 saturated heterocycles. The van der Waals surface area contributed by atoms with Crippen molar-refractivity contribution in [1.82, 2.24) is 14.5 Å². The van der Waals surface area contributed by atoms with Gasteiger partial charge in [0.05, 0.1) is 30.8 Å². The van der Waals surface area contributed by atoms with E-state index in [-0.39, 0.29) is 17.3 Å². The van der Waals surface area contributed by atoms with Crippen LogP contribution < -0.4 is 14.4 Å². The summed E-state index contributed by atoms with van der Waals surface area (Å²) < 4.78 is 49.0. The number of nitrogens with one attached hydrogen (secondary N) is 1. The van der Waals surface area contributed by atoms with Crippen molar-refractivity contribution in [2.45, 2.75) is 74.7 Å². The first kappa shape index (κ1) is 37.3. The topological polar surface area (TPSA) is 101 Å². The maximum Gasteiger partial charge on any atom is 0.264 e. The first-order valence-corrected chi connectivity index (χ1v) is 21.6. The van der Waals surface area contributed by atoms with E-state index in [1.165, 1.54) is 11.1 Å². The van der Waals surface area contributed by atoms with Crippen LogP contribution in [0.3, 0.4) is 0 Å². The highest BCUT2D eigenvalue weighted by Gasteiger charge is 2.50. The maximum atomic E-state index is 13.7. The van der Waals surface area contributed by atoms with Crippen molar-refractivity contribution in [3.63, 3.8) is 0 Å². The number of nitrogens with zero attached hydrogens (tertiary/aromatic N) is 3. The molecule has 1 N–H and O–H groups in total. The lowest BCUT2D eigenvalue weighted by molar-refractivity contribution is -0.108. The van der Waals surface area contributed by atoms with Gasteiger partial charge >= 0.3 is 0 Å². The molecule has 2 aromatic rings. The van der Waals surface area contributed by atoms with E-state index in [1.54, 1.807) is 13.0 Å². The summed E-state index contributed by atoms with van der Waals surface area (Å²) in [5, 5.41) is -0.0335. The number of sulfonamides is 1. The maximum absolute atomic E-state index is 13.7. The molecule has 10 nitrogen and oxygen atoms in total. The largest absolute Gasteiger partial charge is 0.490 e. The third-order valence-electron chi connectivity index (χ3n) is 13.6. The van der Waals surface area contributed by atoms with E-state index in [2.05, 4.69) is 43.7 Å². The molecule has 2 aliphatic carbocycles. The molecular weight excluding hydrogens is 712 g/mol. The molecule has 0 radical (unpaired) electrons. The quantitative estimate of drug-likeness (QED) is 0.419. The molecule has 12 heteroatoms. The summed E-state index contributed by atoms with van der Waals surface area (Å²) in [7, 11) is -2.11. The standard InChI is InChI=1S/C41H55ClN4O6S/c1-28-6-4-15-41(50-3,26-44-16-17-45-18-19-51-24-34(45)23-44)36-11-8-32(36)22-46-25-40(14-5-7-30-20-33(42)10-12-35(30)40)27-52-38-13-9-31(21-37(38)46)39(47)43-53(48,49)29(28)2/h4,9-10,12-13,15,20-21,28-29,32,34,36H,5-8,11,14,16-19,22-27H2,1-3H3,(H,43,47)/b15-4+/t28-,29+,32-,34+,36+,40-,41+/m0/s1. The molecule has 3 fully saturated rings. The Bertz CT molecular complexity index is 1840. The van der Waals surface area contributed by atoms with Gasteiger partial charge in [-0.15, -0.1) is 0 Å². The fourth-order valence-corrected chi connectivity index (χ4v) is 11.6. The number of morpholine rings is 1. The number of allylic oxidation sites excluding steroid dienone is 1. The number of amides is 1. The number of carbonyl (C=O) groups is 1. The number of carbonyl (C=O) groups excluding carboxylic acids is 1. The Morgan fingerprint density at radius 2 is 1.94 bits per heavy atom. The van der Waals surface area contributed by atoms with Crippen LogP contribution in [-0.4, -0.2) is 114 Å². The molecule has 1 saturated carbocycles. The number of halogens is 1. The number of hydrogen-bond acceptors (Lipinski definition) is 9. The normalized spacial score (nSPS) is 35.4. The van der Waals surface area contributed by atoms with Crippen molar-refractivity contribution in [2.24, 2.45) is 17.8 Å². The van der Waals surface area contributed by atoms with Crippen molar-refractivity contribution in [3.05, 3.63) is 70.3 Å². The van der Waals surface area contributed by atoms with E-state index in [1.807, 2.05) is 32.2 Å². The van der Waals surface area contributed by atoms with Gasteiger partial charge < -0.3 is 19.1 Å². The van der Waals surface area contributed by atoms with Crippen LogP contribution in [0.1, 0.15) is 67.4 Å². The number of benzene rings is 2. The second kappa shape index (κ2) is 14.8. The summed E-state index contributed by atoms with van der Waals surface area (Å²) in [6.45, 7) is 11.9. The SMILES string of the molecule is CO[C@@]1(CN2CCN3CCOC[C@H]3C2)/C=C/C[C@H](C)[C@@H](C)S(=O)(=O)NC(=O)c2ccc3c(c2)N(C[C@@H]2CC[C@H]21)C[C@@]1(CCCc2cc(Cl)ccc21)CO3. The van der Waals surface area contributed by atoms with Crippen LogP contribution in [0.15, 0.2) is 48.6 Å². The van der Waals surface area contributed by atoms with Crippen LogP contribution in [0.5, 0.6) is 5.75 Å². The Morgan fingerprint density at radius 3 is 2.75 bits per heavy atom. The van der Waals surface area contributed by atoms with Crippen LogP contribution in [-0.2, 0) is 31.3 Å². The van der Waals surface area contributed by atoms with E-state index >= 15 is 0 Å². The molecular formula is C41H55ClN4O6S. The Hall–Kier alpha value is -2.67. The highest BCUT2D eigenvalue weighted by Crippen LogP contribution is 2.49. The lowest BCUT2D eigenvalue weighted by atomic mass is 9.63.